The van der Waals surface area contributed by atoms with Crippen LogP contribution >= 0.6 is 23.2 Å². The molecule has 0 radical (unpaired) electrons. The number of nitrogens with zero attached hydrogens (tertiary/aromatic N) is 4. The smallest absolute Gasteiger partial charge is 0.433 e. The van der Waals surface area contributed by atoms with Crippen molar-refractivity contribution in [2.45, 2.75) is 24.9 Å². The number of carbonyl (C=O) groups is 1. The van der Waals surface area contributed by atoms with Crippen LogP contribution in [0.3, 0.4) is 0 Å². The van der Waals surface area contributed by atoms with E-state index in [9.17, 15) is 23.2 Å². The summed E-state index contributed by atoms with van der Waals surface area (Å²) in [6, 6.07) is 11.7. The van der Waals surface area contributed by atoms with Crippen molar-refractivity contribution in [2.24, 2.45) is 0 Å². The van der Waals surface area contributed by atoms with Crippen LogP contribution in [0.2, 0.25) is 10.2 Å². The van der Waals surface area contributed by atoms with E-state index in [4.69, 9.17) is 23.2 Å². The first-order chi connectivity index (χ1) is 17.6. The van der Waals surface area contributed by atoms with Gasteiger partial charge in [-0.05, 0) is 67.9 Å². The Morgan fingerprint density at radius 3 is 2.46 bits per heavy atom. The van der Waals surface area contributed by atoms with Gasteiger partial charge in [0.2, 0.25) is 5.91 Å². The van der Waals surface area contributed by atoms with E-state index in [1.165, 1.54) is 18.3 Å². The van der Waals surface area contributed by atoms with E-state index < -0.39 is 23.7 Å². The third-order valence-corrected chi connectivity index (χ3v) is 6.55. The highest BCUT2D eigenvalue weighted by Crippen LogP contribution is 2.37. The van der Waals surface area contributed by atoms with Crippen LogP contribution in [0.4, 0.5) is 18.9 Å². The number of hydroxylamine groups is 1. The van der Waals surface area contributed by atoms with Crippen LogP contribution in [0.5, 0.6) is 0 Å². The molecule has 1 saturated heterocycles. The number of carbonyl (C=O) groups excluding carboxylic acids is 1. The molecule has 6 nitrogen and oxygen atoms in total. The number of hydrogen-bond donors (Lipinski definition) is 0. The Bertz CT molecular complexity index is 1280. The second-order valence-corrected chi connectivity index (χ2v) is 9.42. The normalized spacial score (nSPS) is 15.3. The number of amides is 1. The van der Waals surface area contributed by atoms with E-state index in [1.807, 2.05) is 24.3 Å². The molecule has 37 heavy (non-hydrogen) atoms. The quantitative estimate of drug-likeness (QED) is 0.248. The van der Waals surface area contributed by atoms with Gasteiger partial charge in [0.25, 0.3) is 0 Å². The molecule has 0 bridgehead atoms. The molecule has 3 aromatic rings. The van der Waals surface area contributed by atoms with Gasteiger partial charge in [0, 0.05) is 29.2 Å². The Morgan fingerprint density at radius 1 is 1.11 bits per heavy atom. The molecule has 0 unspecified atom stereocenters. The zero-order valence-corrected chi connectivity index (χ0v) is 21.0. The molecule has 1 aromatic carbocycles. The summed E-state index contributed by atoms with van der Waals surface area (Å²) in [6.45, 7) is 1.85. The summed E-state index contributed by atoms with van der Waals surface area (Å²) < 4.78 is 40.3. The van der Waals surface area contributed by atoms with E-state index >= 15 is 0 Å². The van der Waals surface area contributed by atoms with Gasteiger partial charge in [-0.3, -0.25) is 9.69 Å². The average Bonchev–Trinajstić information content (AvgIpc) is 2.88. The Kier molecular flexibility index (Phi) is 8.49. The maximum absolute atomic E-state index is 13.4. The first kappa shape index (κ1) is 27.1. The standard InChI is InChI=1S/C26H22Cl2F3N4O2/c27-20-5-3-17(4-6-20)2-1-13-34-14-10-18(11-15-34)24-21(7-8-22(33-24)26(29,30)31)35(37)25(36)19-9-12-32-23(28)16-19/h1-9,12,16,18H,10-11,13-15H2/q-1. The van der Waals surface area contributed by atoms with Crippen molar-refractivity contribution < 1.29 is 18.0 Å². The molecule has 0 spiro atoms. The highest BCUT2D eigenvalue weighted by molar-refractivity contribution is 6.30. The Balaban J connectivity index is 1.50. The average molecular weight is 550 g/mol. The van der Waals surface area contributed by atoms with Gasteiger partial charge >= 0.3 is 6.18 Å². The second-order valence-electron chi connectivity index (χ2n) is 8.59. The summed E-state index contributed by atoms with van der Waals surface area (Å²) in [7, 11) is 0. The number of benzene rings is 1. The minimum Gasteiger partial charge on any atom is -0.751 e. The summed E-state index contributed by atoms with van der Waals surface area (Å²) in [5, 5.41) is 13.7. The lowest BCUT2D eigenvalue weighted by Crippen LogP contribution is -2.34. The molecule has 1 aliphatic rings. The molecule has 3 heterocycles. The lowest BCUT2D eigenvalue weighted by molar-refractivity contribution is -0.141. The first-order valence-electron chi connectivity index (χ1n) is 11.5. The third kappa shape index (κ3) is 6.87. The lowest BCUT2D eigenvalue weighted by Gasteiger charge is -2.35. The molecule has 194 valence electrons. The van der Waals surface area contributed by atoms with Crippen molar-refractivity contribution >= 4 is 40.9 Å². The summed E-state index contributed by atoms with van der Waals surface area (Å²) in [6.07, 6.45) is 1.54. The van der Waals surface area contributed by atoms with Gasteiger partial charge in [0.15, 0.2) is 0 Å². The van der Waals surface area contributed by atoms with Crippen LogP contribution in [0, 0.1) is 5.21 Å². The highest BCUT2D eigenvalue weighted by Gasteiger charge is 2.35. The van der Waals surface area contributed by atoms with E-state index in [-0.39, 0.29) is 27.2 Å². The van der Waals surface area contributed by atoms with E-state index in [1.54, 1.807) is 12.1 Å². The number of rotatable bonds is 6. The van der Waals surface area contributed by atoms with Gasteiger partial charge in [0.1, 0.15) is 10.8 Å². The summed E-state index contributed by atoms with van der Waals surface area (Å²) in [5.74, 6) is -1.38. The third-order valence-electron chi connectivity index (χ3n) is 6.09. The molecule has 4 rings (SSSR count). The minimum atomic E-state index is -4.68. The molecule has 1 aliphatic heterocycles. The van der Waals surface area contributed by atoms with Crippen molar-refractivity contribution in [2.75, 3.05) is 24.7 Å². The zero-order chi connectivity index (χ0) is 26.6. The van der Waals surface area contributed by atoms with Crippen molar-refractivity contribution in [3.8, 4) is 0 Å². The van der Waals surface area contributed by atoms with Crippen LogP contribution in [0.15, 0.2) is 60.8 Å². The molecule has 0 saturated carbocycles. The largest absolute Gasteiger partial charge is 0.751 e. The van der Waals surface area contributed by atoms with Crippen LogP contribution in [-0.4, -0.2) is 40.4 Å². The molecular weight excluding hydrogens is 528 g/mol. The summed E-state index contributed by atoms with van der Waals surface area (Å²) >= 11 is 11.7. The number of anilines is 1. The molecule has 0 atom stereocenters. The number of pyridine rings is 2. The molecule has 0 N–H and O–H groups in total. The molecular formula is C26H22Cl2F3N4O2-. The predicted octanol–water partition coefficient (Wildman–Crippen LogP) is 6.84. The lowest BCUT2D eigenvalue weighted by atomic mass is 9.91. The van der Waals surface area contributed by atoms with Crippen molar-refractivity contribution in [1.29, 1.82) is 0 Å². The zero-order valence-electron chi connectivity index (χ0n) is 19.5. The summed E-state index contributed by atoms with van der Waals surface area (Å²) in [4.78, 5) is 22.5. The van der Waals surface area contributed by atoms with Gasteiger partial charge in [0.05, 0.1) is 11.4 Å². The molecule has 11 heteroatoms. The maximum atomic E-state index is 13.4. The number of aromatic nitrogens is 2. The Labute approximate surface area is 221 Å². The van der Waals surface area contributed by atoms with Gasteiger partial charge < -0.3 is 10.3 Å². The number of hydrogen-bond acceptors (Lipinski definition) is 5. The van der Waals surface area contributed by atoms with Gasteiger partial charge in [-0.2, -0.15) is 13.2 Å². The van der Waals surface area contributed by atoms with Gasteiger partial charge in [-0.25, -0.2) is 9.97 Å². The van der Waals surface area contributed by atoms with E-state index in [0.717, 1.165) is 11.6 Å². The first-order valence-corrected chi connectivity index (χ1v) is 12.2. The van der Waals surface area contributed by atoms with Crippen LogP contribution in [0.1, 0.15) is 46.1 Å². The van der Waals surface area contributed by atoms with Gasteiger partial charge in [-0.1, -0.05) is 47.5 Å². The van der Waals surface area contributed by atoms with Crippen LogP contribution in [-0.2, 0) is 6.18 Å². The molecule has 1 fully saturated rings. The van der Waals surface area contributed by atoms with Gasteiger partial charge in [-0.15, -0.1) is 0 Å². The topological polar surface area (TPSA) is 72.4 Å². The van der Waals surface area contributed by atoms with Crippen LogP contribution < -0.4 is 5.06 Å². The number of halogens is 5. The Morgan fingerprint density at radius 2 is 1.81 bits per heavy atom. The number of alkyl halides is 3. The number of likely N-dealkylation sites (tertiary alicyclic amines) is 1. The molecule has 2 aromatic heterocycles. The highest BCUT2D eigenvalue weighted by atomic mass is 35.5. The van der Waals surface area contributed by atoms with Crippen molar-refractivity contribution in [3.05, 3.63) is 98.7 Å². The van der Waals surface area contributed by atoms with E-state index in [2.05, 4.69) is 14.9 Å². The van der Waals surface area contributed by atoms with Crippen molar-refractivity contribution in [1.82, 2.24) is 14.9 Å². The number of piperidine rings is 1. The SMILES string of the molecule is O=C(c1ccnc(Cl)c1)N([O-])c1ccc(C(F)(F)F)nc1C1CCN(CC=Cc2ccc(Cl)cc2)CC1. The van der Waals surface area contributed by atoms with Crippen LogP contribution in [0.25, 0.3) is 6.08 Å². The second kappa shape index (κ2) is 11.6. The molecule has 0 aliphatic carbocycles. The maximum Gasteiger partial charge on any atom is 0.433 e. The summed E-state index contributed by atoms with van der Waals surface area (Å²) in [5.41, 5.74) is -0.356. The fourth-order valence-electron chi connectivity index (χ4n) is 4.16. The fourth-order valence-corrected chi connectivity index (χ4v) is 4.46. The molecule has 1 amide bonds. The fraction of sp³-hybridized carbons (Fsp3) is 0.269. The van der Waals surface area contributed by atoms with Crippen molar-refractivity contribution in [3.63, 3.8) is 0 Å². The monoisotopic (exact) mass is 549 g/mol. The minimum absolute atomic E-state index is 0.0162. The predicted molar refractivity (Wildman–Crippen MR) is 138 cm³/mol. The Hall–Kier alpha value is -2.98. The van der Waals surface area contributed by atoms with E-state index in [0.29, 0.717) is 43.6 Å².